The van der Waals surface area contributed by atoms with E-state index in [9.17, 15) is 9.90 Å². The van der Waals surface area contributed by atoms with Crippen LogP contribution in [0.15, 0.2) is 0 Å². The van der Waals surface area contributed by atoms with E-state index in [1.807, 2.05) is 13.8 Å². The van der Waals surface area contributed by atoms with Gasteiger partial charge in [0.15, 0.2) is 0 Å². The van der Waals surface area contributed by atoms with E-state index in [0.29, 0.717) is 18.3 Å². The van der Waals surface area contributed by atoms with Gasteiger partial charge in [-0.1, -0.05) is 27.7 Å². The summed E-state index contributed by atoms with van der Waals surface area (Å²) in [7, 11) is 0. The summed E-state index contributed by atoms with van der Waals surface area (Å²) >= 11 is 0. The van der Waals surface area contributed by atoms with E-state index in [1.165, 1.54) is 0 Å². The molecule has 0 saturated carbocycles. The molecule has 1 heterocycles. The van der Waals surface area contributed by atoms with Gasteiger partial charge in [-0.15, -0.1) is 0 Å². The maximum absolute atomic E-state index is 11.3. The van der Waals surface area contributed by atoms with E-state index < -0.39 is 11.5 Å². The van der Waals surface area contributed by atoms with Crippen molar-refractivity contribution in [3.05, 3.63) is 0 Å². The number of likely N-dealkylation sites (tertiary alicyclic amines) is 1. The van der Waals surface area contributed by atoms with Crippen molar-refractivity contribution >= 4 is 5.97 Å². The first kappa shape index (κ1) is 11.5. The summed E-state index contributed by atoms with van der Waals surface area (Å²) in [6.45, 7) is 10.1. The number of aliphatic carboxylic acids is 1. The van der Waals surface area contributed by atoms with Crippen molar-refractivity contribution in [3.8, 4) is 0 Å². The SMILES string of the molecule is CCC(CC)(C(=O)O)N1CC(C)(C)C1. The number of carbonyl (C=O) groups is 1. The van der Waals surface area contributed by atoms with Gasteiger partial charge in [0.1, 0.15) is 5.54 Å². The summed E-state index contributed by atoms with van der Waals surface area (Å²) in [6.07, 6.45) is 1.38. The van der Waals surface area contributed by atoms with Gasteiger partial charge in [-0.05, 0) is 18.3 Å². The van der Waals surface area contributed by atoms with Gasteiger partial charge in [0, 0.05) is 13.1 Å². The van der Waals surface area contributed by atoms with Crippen molar-refractivity contribution in [1.29, 1.82) is 0 Å². The van der Waals surface area contributed by atoms with Gasteiger partial charge in [-0.3, -0.25) is 9.69 Å². The predicted octanol–water partition coefficient (Wildman–Crippen LogP) is 1.97. The van der Waals surface area contributed by atoms with Crippen LogP contribution < -0.4 is 0 Å². The summed E-state index contributed by atoms with van der Waals surface area (Å²) < 4.78 is 0. The van der Waals surface area contributed by atoms with Crippen LogP contribution in [-0.4, -0.2) is 34.6 Å². The first-order valence-corrected chi connectivity index (χ1v) is 5.36. The van der Waals surface area contributed by atoms with Gasteiger partial charge in [-0.25, -0.2) is 0 Å². The molecule has 3 nitrogen and oxygen atoms in total. The van der Waals surface area contributed by atoms with Gasteiger partial charge < -0.3 is 5.11 Å². The Bertz CT molecular complexity index is 223. The molecule has 1 aliphatic heterocycles. The highest BCUT2D eigenvalue weighted by molar-refractivity contribution is 5.78. The van der Waals surface area contributed by atoms with Gasteiger partial charge in [0.05, 0.1) is 0 Å². The zero-order valence-corrected chi connectivity index (χ0v) is 9.63. The van der Waals surface area contributed by atoms with Crippen LogP contribution in [0.25, 0.3) is 0 Å². The fourth-order valence-electron chi connectivity index (χ4n) is 2.42. The van der Waals surface area contributed by atoms with Crippen LogP contribution in [0.2, 0.25) is 0 Å². The molecule has 0 atom stereocenters. The van der Waals surface area contributed by atoms with E-state index in [4.69, 9.17) is 0 Å². The Balaban J connectivity index is 2.76. The zero-order chi connectivity index (χ0) is 11.0. The Morgan fingerprint density at radius 3 is 2.00 bits per heavy atom. The molecule has 1 fully saturated rings. The van der Waals surface area contributed by atoms with Crippen LogP contribution in [0.5, 0.6) is 0 Å². The number of carboxylic acids is 1. The lowest BCUT2D eigenvalue weighted by Crippen LogP contribution is -2.66. The molecule has 1 saturated heterocycles. The summed E-state index contributed by atoms with van der Waals surface area (Å²) in [4.78, 5) is 13.4. The van der Waals surface area contributed by atoms with Gasteiger partial charge >= 0.3 is 5.97 Å². The summed E-state index contributed by atoms with van der Waals surface area (Å²) in [5.74, 6) is -0.669. The van der Waals surface area contributed by atoms with Gasteiger partial charge in [-0.2, -0.15) is 0 Å². The lowest BCUT2D eigenvalue weighted by atomic mass is 9.77. The molecule has 0 unspecified atom stereocenters. The second-order valence-electron chi connectivity index (χ2n) is 5.06. The topological polar surface area (TPSA) is 40.5 Å². The van der Waals surface area contributed by atoms with Crippen LogP contribution in [0.4, 0.5) is 0 Å². The lowest BCUT2D eigenvalue weighted by molar-refractivity contribution is -0.162. The third-order valence-corrected chi connectivity index (χ3v) is 3.41. The van der Waals surface area contributed by atoms with E-state index >= 15 is 0 Å². The lowest BCUT2D eigenvalue weighted by Gasteiger charge is -2.54. The Hall–Kier alpha value is -0.570. The minimum absolute atomic E-state index is 0.297. The maximum atomic E-state index is 11.3. The van der Waals surface area contributed by atoms with Crippen LogP contribution >= 0.6 is 0 Å². The smallest absolute Gasteiger partial charge is 0.324 e. The first-order chi connectivity index (χ1) is 6.38. The second-order valence-corrected chi connectivity index (χ2v) is 5.06. The molecule has 0 spiro atoms. The average Bonchev–Trinajstić information content (AvgIpc) is 2.03. The molecular formula is C11H21NO2. The minimum atomic E-state index is -0.669. The highest BCUT2D eigenvalue weighted by atomic mass is 16.4. The van der Waals surface area contributed by atoms with Crippen molar-refractivity contribution < 1.29 is 9.90 Å². The maximum Gasteiger partial charge on any atom is 0.324 e. The van der Waals surface area contributed by atoms with Crippen LogP contribution in [-0.2, 0) is 4.79 Å². The third kappa shape index (κ3) is 1.65. The predicted molar refractivity (Wildman–Crippen MR) is 56.3 cm³/mol. The Morgan fingerprint density at radius 1 is 1.36 bits per heavy atom. The number of carboxylic acid groups (broad SMARTS) is 1. The first-order valence-electron chi connectivity index (χ1n) is 5.36. The molecule has 0 aliphatic carbocycles. The average molecular weight is 199 g/mol. The molecule has 0 aromatic rings. The molecule has 14 heavy (non-hydrogen) atoms. The highest BCUT2D eigenvalue weighted by Crippen LogP contribution is 2.38. The molecular weight excluding hydrogens is 178 g/mol. The fraction of sp³-hybridized carbons (Fsp3) is 0.909. The van der Waals surface area contributed by atoms with Gasteiger partial charge in [0.25, 0.3) is 0 Å². The Labute approximate surface area is 86.1 Å². The van der Waals surface area contributed by atoms with Crippen molar-refractivity contribution in [1.82, 2.24) is 4.90 Å². The van der Waals surface area contributed by atoms with Crippen molar-refractivity contribution in [2.75, 3.05) is 13.1 Å². The third-order valence-electron chi connectivity index (χ3n) is 3.41. The standard InChI is InChI=1S/C11H21NO2/c1-5-11(6-2,9(13)14)12-7-10(3,4)8-12/h5-8H2,1-4H3,(H,13,14). The van der Waals surface area contributed by atoms with Crippen LogP contribution in [0, 0.1) is 5.41 Å². The van der Waals surface area contributed by atoms with Crippen LogP contribution in [0.3, 0.4) is 0 Å². The molecule has 82 valence electrons. The molecule has 1 aliphatic rings. The second kappa shape index (κ2) is 3.54. The quantitative estimate of drug-likeness (QED) is 0.752. The van der Waals surface area contributed by atoms with E-state index in [1.54, 1.807) is 0 Å². The molecule has 0 aromatic carbocycles. The number of nitrogens with zero attached hydrogens (tertiary/aromatic N) is 1. The van der Waals surface area contributed by atoms with E-state index in [-0.39, 0.29) is 0 Å². The molecule has 3 heteroatoms. The molecule has 0 aromatic heterocycles. The number of hydrogen-bond acceptors (Lipinski definition) is 2. The van der Waals surface area contributed by atoms with E-state index in [2.05, 4.69) is 18.7 Å². The number of hydrogen-bond donors (Lipinski definition) is 1. The van der Waals surface area contributed by atoms with Crippen molar-refractivity contribution in [2.24, 2.45) is 5.41 Å². The normalized spacial score (nSPS) is 21.7. The Kier molecular flexibility index (Phi) is 2.91. The summed E-state index contributed by atoms with van der Waals surface area (Å²) in [5.41, 5.74) is -0.319. The number of rotatable bonds is 4. The summed E-state index contributed by atoms with van der Waals surface area (Å²) in [5, 5.41) is 9.29. The van der Waals surface area contributed by atoms with Crippen molar-refractivity contribution in [3.63, 3.8) is 0 Å². The fourth-order valence-corrected chi connectivity index (χ4v) is 2.42. The van der Waals surface area contributed by atoms with Gasteiger partial charge in [0.2, 0.25) is 0 Å². The molecule has 1 N–H and O–H groups in total. The van der Waals surface area contributed by atoms with Crippen LogP contribution in [0.1, 0.15) is 40.5 Å². The minimum Gasteiger partial charge on any atom is -0.480 e. The van der Waals surface area contributed by atoms with Crippen molar-refractivity contribution in [2.45, 2.75) is 46.1 Å². The Morgan fingerprint density at radius 2 is 1.79 bits per heavy atom. The zero-order valence-electron chi connectivity index (χ0n) is 9.63. The molecule has 0 amide bonds. The summed E-state index contributed by atoms with van der Waals surface area (Å²) in [6, 6.07) is 0. The monoisotopic (exact) mass is 199 g/mol. The van der Waals surface area contributed by atoms with E-state index in [0.717, 1.165) is 13.1 Å². The molecule has 0 radical (unpaired) electrons. The largest absolute Gasteiger partial charge is 0.480 e. The highest BCUT2D eigenvalue weighted by Gasteiger charge is 2.49. The molecule has 1 rings (SSSR count). The molecule has 0 bridgehead atoms.